The van der Waals surface area contributed by atoms with Gasteiger partial charge in [0.2, 0.25) is 0 Å². The summed E-state index contributed by atoms with van der Waals surface area (Å²) in [5, 5.41) is 4.86. The summed E-state index contributed by atoms with van der Waals surface area (Å²) in [6.07, 6.45) is 0. The van der Waals surface area contributed by atoms with Crippen LogP contribution in [0.4, 0.5) is 5.69 Å². The van der Waals surface area contributed by atoms with Gasteiger partial charge in [0, 0.05) is 53.3 Å². The van der Waals surface area contributed by atoms with Gasteiger partial charge in [-0.3, -0.25) is 0 Å². The topological polar surface area (TPSA) is 48.0 Å². The maximum atomic E-state index is 7.37. The molecule has 5 nitrogen and oxygen atoms in total. The maximum Gasteiger partial charge on any atom is 0.187 e. The summed E-state index contributed by atoms with van der Waals surface area (Å²) in [6, 6.07) is 56.6. The quantitative estimate of drug-likeness (QED) is 0.170. The van der Waals surface area contributed by atoms with E-state index in [2.05, 4.69) is 119 Å². The van der Waals surface area contributed by atoms with Crippen LogP contribution < -0.4 is 0 Å². The minimum atomic E-state index is 0.574. The normalized spacial score (nSPS) is 11.4. The molecule has 0 N–H and O–H groups in total. The predicted octanol–water partition coefficient (Wildman–Crippen LogP) is 12.6. The minimum Gasteiger partial charge on any atom is -0.309 e. The Balaban J connectivity index is 1.11. The lowest BCUT2D eigenvalue weighted by Crippen LogP contribution is -2.00. The van der Waals surface area contributed by atoms with Crippen molar-refractivity contribution in [2.24, 2.45) is 0 Å². The van der Waals surface area contributed by atoms with Gasteiger partial charge in [0.15, 0.2) is 23.2 Å². The summed E-state index contributed by atoms with van der Waals surface area (Å²) in [6.45, 7) is 7.37. The first-order chi connectivity index (χ1) is 25.7. The highest BCUT2D eigenvalue weighted by atomic mass is 32.1. The Morgan fingerprint density at radius 2 is 1.08 bits per heavy atom. The van der Waals surface area contributed by atoms with Crippen molar-refractivity contribution in [1.82, 2.24) is 19.5 Å². The summed E-state index contributed by atoms with van der Waals surface area (Å²) in [4.78, 5) is 18.5. The van der Waals surface area contributed by atoms with Crippen LogP contribution in [-0.4, -0.2) is 19.5 Å². The Bertz CT molecular complexity index is 3010. The van der Waals surface area contributed by atoms with Crippen molar-refractivity contribution in [3.63, 3.8) is 0 Å². The van der Waals surface area contributed by atoms with E-state index in [0.717, 1.165) is 27.1 Å². The highest BCUT2D eigenvalue weighted by Gasteiger charge is 2.18. The van der Waals surface area contributed by atoms with Crippen LogP contribution in [0.1, 0.15) is 0 Å². The second kappa shape index (κ2) is 12.1. The van der Waals surface area contributed by atoms with Gasteiger partial charge in [-0.15, -0.1) is 11.3 Å². The molecule has 0 atom stereocenters. The molecule has 242 valence electrons. The number of benzene rings is 7. The van der Waals surface area contributed by atoms with Gasteiger partial charge in [-0.1, -0.05) is 121 Å². The van der Waals surface area contributed by atoms with E-state index in [1.54, 1.807) is 23.5 Å². The molecule has 0 aliphatic rings. The van der Waals surface area contributed by atoms with Crippen molar-refractivity contribution in [2.45, 2.75) is 0 Å². The zero-order valence-corrected chi connectivity index (χ0v) is 28.5. The van der Waals surface area contributed by atoms with Crippen LogP contribution in [0.25, 0.3) is 97.8 Å². The Kier molecular flexibility index (Phi) is 6.98. The third kappa shape index (κ3) is 4.95. The first-order valence-corrected chi connectivity index (χ1v) is 17.9. The van der Waals surface area contributed by atoms with Crippen LogP contribution in [0.2, 0.25) is 0 Å². The molecular weight excluding hydrogens is 655 g/mol. The van der Waals surface area contributed by atoms with Crippen molar-refractivity contribution in [2.75, 3.05) is 0 Å². The average molecular weight is 682 g/mol. The van der Waals surface area contributed by atoms with Crippen LogP contribution in [0.5, 0.6) is 0 Å². The molecule has 3 heterocycles. The van der Waals surface area contributed by atoms with Gasteiger partial charge >= 0.3 is 0 Å². The maximum absolute atomic E-state index is 7.37. The molecule has 6 heteroatoms. The Labute approximate surface area is 303 Å². The molecule has 10 aromatic rings. The van der Waals surface area contributed by atoms with Crippen LogP contribution in [0.3, 0.4) is 0 Å². The zero-order chi connectivity index (χ0) is 34.6. The molecule has 7 aromatic carbocycles. The number of rotatable bonds is 5. The zero-order valence-electron chi connectivity index (χ0n) is 27.7. The first-order valence-electron chi connectivity index (χ1n) is 17.1. The molecule has 0 fully saturated rings. The third-order valence-electron chi connectivity index (χ3n) is 9.68. The second-order valence-corrected chi connectivity index (χ2v) is 13.8. The minimum absolute atomic E-state index is 0.574. The molecule has 0 amide bonds. The smallest absolute Gasteiger partial charge is 0.187 e. The molecule has 3 aromatic heterocycles. The van der Waals surface area contributed by atoms with E-state index < -0.39 is 0 Å². The first kappa shape index (κ1) is 29.9. The van der Waals surface area contributed by atoms with Gasteiger partial charge in [-0.05, 0) is 53.6 Å². The molecule has 0 saturated carbocycles. The fourth-order valence-electron chi connectivity index (χ4n) is 7.19. The lowest BCUT2D eigenvalue weighted by atomic mass is 10.0. The summed E-state index contributed by atoms with van der Waals surface area (Å²) in [5.41, 5.74) is 9.21. The molecule has 0 unspecified atom stereocenters. The monoisotopic (exact) mass is 681 g/mol. The van der Waals surface area contributed by atoms with Crippen molar-refractivity contribution >= 4 is 59.0 Å². The van der Waals surface area contributed by atoms with Crippen LogP contribution in [-0.2, 0) is 0 Å². The molecule has 0 bridgehead atoms. The van der Waals surface area contributed by atoms with E-state index in [4.69, 9.17) is 21.5 Å². The number of para-hydroxylation sites is 2. The predicted molar refractivity (Wildman–Crippen MR) is 215 cm³/mol. The number of hydrogen-bond acceptors (Lipinski definition) is 4. The molecule has 0 aliphatic heterocycles. The number of hydrogen-bond donors (Lipinski definition) is 0. The number of thiophene rings is 1. The van der Waals surface area contributed by atoms with Gasteiger partial charge in [0.1, 0.15) is 0 Å². The summed E-state index contributed by atoms with van der Waals surface area (Å²) < 4.78 is 4.69. The van der Waals surface area contributed by atoms with Crippen molar-refractivity contribution in [3.05, 3.63) is 175 Å². The van der Waals surface area contributed by atoms with E-state index in [-0.39, 0.29) is 0 Å². The van der Waals surface area contributed by atoms with Gasteiger partial charge in [-0.2, -0.15) is 0 Å². The standard InChI is InChI=1S/C46H27N5S/c1-47-33-23-19-30(20-24-33)45-48-44(29-11-4-2-5-12-29)49-46(50-45)38-17-10-16-37-36-25-21-32(28-42(36)52-43(37)38)31-22-26-41-39(27-31)35-15-8-9-18-40(35)51(41)34-13-6-3-7-14-34/h2-28H. The van der Waals surface area contributed by atoms with Crippen LogP contribution in [0, 0.1) is 6.57 Å². The second-order valence-electron chi connectivity index (χ2n) is 12.7. The molecule has 0 aliphatic carbocycles. The Hall–Kier alpha value is -6.94. The van der Waals surface area contributed by atoms with E-state index in [1.807, 2.05) is 42.5 Å². The fraction of sp³-hybridized carbons (Fsp3) is 0. The lowest BCUT2D eigenvalue weighted by Gasteiger charge is -2.09. The van der Waals surface area contributed by atoms with E-state index in [9.17, 15) is 0 Å². The lowest BCUT2D eigenvalue weighted by molar-refractivity contribution is 1.08. The van der Waals surface area contributed by atoms with E-state index in [0.29, 0.717) is 23.2 Å². The highest BCUT2D eigenvalue weighted by Crippen LogP contribution is 2.42. The Morgan fingerprint density at radius 1 is 0.462 bits per heavy atom. The summed E-state index contributed by atoms with van der Waals surface area (Å²) in [5.74, 6) is 1.81. The van der Waals surface area contributed by atoms with Gasteiger partial charge < -0.3 is 4.57 Å². The SMILES string of the molecule is [C-]#[N+]c1ccc(-c2nc(-c3ccccc3)nc(-c3cccc4c3sc3cc(-c5ccc6c(c5)c5ccccc5n6-c5ccccc5)ccc34)n2)cc1. The number of aromatic nitrogens is 4. The molecule has 0 saturated heterocycles. The van der Waals surface area contributed by atoms with E-state index >= 15 is 0 Å². The summed E-state index contributed by atoms with van der Waals surface area (Å²) in [7, 11) is 0. The highest BCUT2D eigenvalue weighted by molar-refractivity contribution is 7.26. The van der Waals surface area contributed by atoms with Crippen molar-refractivity contribution in [1.29, 1.82) is 0 Å². The van der Waals surface area contributed by atoms with Gasteiger partial charge in [-0.25, -0.2) is 19.8 Å². The summed E-state index contributed by atoms with van der Waals surface area (Å²) >= 11 is 1.77. The Morgan fingerprint density at radius 3 is 1.87 bits per heavy atom. The molecule has 52 heavy (non-hydrogen) atoms. The van der Waals surface area contributed by atoms with Crippen molar-refractivity contribution < 1.29 is 0 Å². The van der Waals surface area contributed by atoms with E-state index in [1.165, 1.54) is 48.4 Å². The van der Waals surface area contributed by atoms with Gasteiger partial charge in [0.25, 0.3) is 0 Å². The molecule has 0 spiro atoms. The fourth-order valence-corrected chi connectivity index (χ4v) is 8.44. The molecule has 10 rings (SSSR count). The van der Waals surface area contributed by atoms with Crippen molar-refractivity contribution in [3.8, 4) is 51.0 Å². The molecule has 0 radical (unpaired) electrons. The number of fused-ring (bicyclic) bond motifs is 6. The van der Waals surface area contributed by atoms with Crippen LogP contribution >= 0.6 is 11.3 Å². The van der Waals surface area contributed by atoms with Gasteiger partial charge in [0.05, 0.1) is 17.6 Å². The third-order valence-corrected chi connectivity index (χ3v) is 10.9. The largest absolute Gasteiger partial charge is 0.309 e. The molecular formula is C46H27N5S. The average Bonchev–Trinajstić information content (AvgIpc) is 3.76. The number of nitrogens with zero attached hydrogens (tertiary/aromatic N) is 5. The van der Waals surface area contributed by atoms with Crippen LogP contribution in [0.15, 0.2) is 164 Å².